The van der Waals surface area contributed by atoms with Crippen molar-refractivity contribution in [2.24, 2.45) is 0 Å². The third-order valence-electron chi connectivity index (χ3n) is 2.62. The predicted molar refractivity (Wildman–Crippen MR) is 69.6 cm³/mol. The Balaban J connectivity index is 2.83. The highest BCUT2D eigenvalue weighted by Crippen LogP contribution is 2.30. The van der Waals surface area contributed by atoms with Crippen LogP contribution in [0.4, 0.5) is 5.69 Å². The molecule has 106 valence electrons. The van der Waals surface area contributed by atoms with E-state index in [2.05, 4.69) is 0 Å². The van der Waals surface area contributed by atoms with Gasteiger partial charge in [0.2, 0.25) is 0 Å². The van der Waals surface area contributed by atoms with Gasteiger partial charge in [-0.15, -0.1) is 0 Å². The molecule has 0 aliphatic heterocycles. The zero-order valence-corrected chi connectivity index (χ0v) is 11.0. The summed E-state index contributed by atoms with van der Waals surface area (Å²) in [5.41, 5.74) is 6.39. The number of carbonyl (C=O) groups excluding carboxylic acids is 1. The minimum atomic E-state index is -1.28. The lowest BCUT2D eigenvalue weighted by atomic mass is 10.0. The summed E-state index contributed by atoms with van der Waals surface area (Å²) in [5.74, 6) is -0.179. The molecule has 6 nitrogen and oxygen atoms in total. The van der Waals surface area contributed by atoms with Gasteiger partial charge in [-0.3, -0.25) is 4.79 Å². The summed E-state index contributed by atoms with van der Waals surface area (Å²) in [6.07, 6.45) is -2.86. The van der Waals surface area contributed by atoms with Crippen molar-refractivity contribution >= 4 is 11.7 Å². The molecule has 0 aromatic heterocycles. The summed E-state index contributed by atoms with van der Waals surface area (Å²) >= 11 is 0. The molecular weight excluding hydrogens is 250 g/mol. The molecule has 0 radical (unpaired) electrons. The first-order valence-electron chi connectivity index (χ1n) is 5.94. The molecule has 1 rings (SSSR count). The van der Waals surface area contributed by atoms with Gasteiger partial charge in [0.1, 0.15) is 11.9 Å². The normalized spacial score (nSPS) is 13.7. The molecule has 0 heterocycles. The maximum Gasteiger partial charge on any atom is 0.308 e. The second-order valence-corrected chi connectivity index (χ2v) is 4.02. The first-order valence-corrected chi connectivity index (χ1v) is 5.94. The highest BCUT2D eigenvalue weighted by atomic mass is 16.5. The van der Waals surface area contributed by atoms with Crippen LogP contribution in [-0.4, -0.2) is 36.0 Å². The zero-order chi connectivity index (χ0) is 14.4. The zero-order valence-electron chi connectivity index (χ0n) is 11.0. The van der Waals surface area contributed by atoms with Crippen LogP contribution in [0.15, 0.2) is 18.2 Å². The molecule has 0 spiro atoms. The molecule has 0 fully saturated rings. The predicted octanol–water partition coefficient (Wildman–Crippen LogP) is 0.625. The van der Waals surface area contributed by atoms with Gasteiger partial charge in [0.15, 0.2) is 0 Å². The second kappa shape index (κ2) is 6.96. The van der Waals surface area contributed by atoms with E-state index in [-0.39, 0.29) is 13.0 Å². The monoisotopic (exact) mass is 269 g/mol. The van der Waals surface area contributed by atoms with Gasteiger partial charge in [-0.25, -0.2) is 0 Å². The van der Waals surface area contributed by atoms with Gasteiger partial charge in [-0.1, -0.05) is 0 Å². The van der Waals surface area contributed by atoms with Gasteiger partial charge in [-0.2, -0.15) is 0 Å². The molecule has 1 aromatic carbocycles. The van der Waals surface area contributed by atoms with Gasteiger partial charge < -0.3 is 25.4 Å². The fourth-order valence-corrected chi connectivity index (χ4v) is 1.69. The summed E-state index contributed by atoms with van der Waals surface area (Å²) in [7, 11) is 1.44. The van der Waals surface area contributed by atoms with E-state index in [1.807, 2.05) is 0 Å². The molecule has 0 bridgehead atoms. The Bertz CT molecular complexity index is 435. The summed E-state index contributed by atoms with van der Waals surface area (Å²) < 4.78 is 9.79. The quantitative estimate of drug-likeness (QED) is 0.517. The van der Waals surface area contributed by atoms with E-state index in [1.54, 1.807) is 19.1 Å². The number of hydrogen-bond donors (Lipinski definition) is 3. The van der Waals surface area contributed by atoms with Crippen molar-refractivity contribution in [1.82, 2.24) is 0 Å². The minimum absolute atomic E-state index is 0.225. The van der Waals surface area contributed by atoms with Crippen molar-refractivity contribution < 1.29 is 24.5 Å². The lowest BCUT2D eigenvalue weighted by Crippen LogP contribution is -2.23. The standard InChI is InChI=1S/C13H19NO5/c1-3-19-12(16)7-10(15)13(17)9-6-8(14)4-5-11(9)18-2/h4-6,10,13,15,17H,3,7,14H2,1-2H3. The molecule has 0 amide bonds. The Morgan fingerprint density at radius 3 is 2.68 bits per heavy atom. The van der Waals surface area contributed by atoms with Crippen molar-refractivity contribution in [1.29, 1.82) is 0 Å². The van der Waals surface area contributed by atoms with Gasteiger partial charge in [0.05, 0.1) is 26.2 Å². The van der Waals surface area contributed by atoms with E-state index >= 15 is 0 Å². The summed E-state index contributed by atoms with van der Waals surface area (Å²) in [6, 6.07) is 4.70. The number of nitrogens with two attached hydrogens (primary N) is 1. The van der Waals surface area contributed by atoms with Crippen LogP contribution in [0.1, 0.15) is 25.0 Å². The Morgan fingerprint density at radius 1 is 1.42 bits per heavy atom. The molecule has 0 saturated heterocycles. The van der Waals surface area contributed by atoms with E-state index in [4.69, 9.17) is 15.2 Å². The average Bonchev–Trinajstić information content (AvgIpc) is 2.37. The number of benzene rings is 1. The van der Waals surface area contributed by atoms with Crippen LogP contribution < -0.4 is 10.5 Å². The number of methoxy groups -OCH3 is 1. The highest BCUT2D eigenvalue weighted by molar-refractivity contribution is 5.70. The highest BCUT2D eigenvalue weighted by Gasteiger charge is 2.24. The third-order valence-corrected chi connectivity index (χ3v) is 2.62. The third kappa shape index (κ3) is 4.11. The van der Waals surface area contributed by atoms with Crippen LogP contribution >= 0.6 is 0 Å². The van der Waals surface area contributed by atoms with E-state index in [0.717, 1.165) is 0 Å². The Kier molecular flexibility index (Phi) is 5.59. The summed E-state index contributed by atoms with van der Waals surface area (Å²) in [4.78, 5) is 11.3. The molecule has 2 atom stereocenters. The number of ether oxygens (including phenoxy) is 2. The van der Waals surface area contributed by atoms with Crippen LogP contribution in [-0.2, 0) is 9.53 Å². The summed E-state index contributed by atoms with van der Waals surface area (Å²) in [5, 5.41) is 19.9. The van der Waals surface area contributed by atoms with Gasteiger partial charge in [0.25, 0.3) is 0 Å². The second-order valence-electron chi connectivity index (χ2n) is 4.02. The number of nitrogen functional groups attached to an aromatic ring is 1. The topological polar surface area (TPSA) is 102 Å². The van der Waals surface area contributed by atoms with Crippen LogP contribution in [0.25, 0.3) is 0 Å². The maximum absolute atomic E-state index is 11.3. The molecule has 0 saturated carbocycles. The minimum Gasteiger partial charge on any atom is -0.496 e. The van der Waals surface area contributed by atoms with Crippen molar-refractivity contribution in [3.8, 4) is 5.75 Å². The van der Waals surface area contributed by atoms with Gasteiger partial charge in [-0.05, 0) is 25.1 Å². The Hall–Kier alpha value is -1.79. The van der Waals surface area contributed by atoms with E-state index in [1.165, 1.54) is 13.2 Å². The number of esters is 1. The molecule has 1 aromatic rings. The number of aliphatic hydroxyl groups is 2. The number of anilines is 1. The fourth-order valence-electron chi connectivity index (χ4n) is 1.69. The molecule has 0 aliphatic rings. The van der Waals surface area contributed by atoms with Crippen molar-refractivity contribution in [3.05, 3.63) is 23.8 Å². The first kappa shape index (κ1) is 15.3. The van der Waals surface area contributed by atoms with E-state index < -0.39 is 18.2 Å². The lowest BCUT2D eigenvalue weighted by Gasteiger charge is -2.20. The van der Waals surface area contributed by atoms with Crippen LogP contribution in [0, 0.1) is 0 Å². The number of hydrogen-bond acceptors (Lipinski definition) is 6. The van der Waals surface area contributed by atoms with Crippen LogP contribution in [0.2, 0.25) is 0 Å². The molecular formula is C13H19NO5. The molecule has 2 unspecified atom stereocenters. The Morgan fingerprint density at radius 2 is 2.11 bits per heavy atom. The van der Waals surface area contributed by atoms with Crippen molar-refractivity contribution in [2.75, 3.05) is 19.5 Å². The SMILES string of the molecule is CCOC(=O)CC(O)C(O)c1cc(N)ccc1OC. The molecule has 6 heteroatoms. The van der Waals surface area contributed by atoms with Gasteiger partial charge >= 0.3 is 5.97 Å². The summed E-state index contributed by atoms with van der Waals surface area (Å²) in [6.45, 7) is 1.89. The average molecular weight is 269 g/mol. The maximum atomic E-state index is 11.3. The molecule has 19 heavy (non-hydrogen) atoms. The van der Waals surface area contributed by atoms with Crippen LogP contribution in [0.3, 0.4) is 0 Å². The lowest BCUT2D eigenvalue weighted by molar-refractivity contribution is -0.147. The largest absolute Gasteiger partial charge is 0.496 e. The van der Waals surface area contributed by atoms with Crippen molar-refractivity contribution in [2.45, 2.75) is 25.6 Å². The molecule has 0 aliphatic carbocycles. The first-order chi connectivity index (χ1) is 8.99. The Labute approximate surface area is 111 Å². The van der Waals surface area contributed by atoms with Gasteiger partial charge in [0, 0.05) is 11.3 Å². The fraction of sp³-hybridized carbons (Fsp3) is 0.462. The molecule has 4 N–H and O–H groups in total. The number of carbonyl (C=O) groups is 1. The van der Waals surface area contributed by atoms with E-state index in [9.17, 15) is 15.0 Å². The number of aliphatic hydroxyl groups excluding tert-OH is 2. The van der Waals surface area contributed by atoms with Crippen LogP contribution in [0.5, 0.6) is 5.75 Å². The van der Waals surface area contributed by atoms with Crippen molar-refractivity contribution in [3.63, 3.8) is 0 Å². The smallest absolute Gasteiger partial charge is 0.308 e. The van der Waals surface area contributed by atoms with E-state index in [0.29, 0.717) is 17.0 Å². The number of rotatable bonds is 6.